The molecular formula is C16H23BrNO2+. The molecule has 20 heavy (non-hydrogen) atoms. The Kier molecular flexibility index (Phi) is 4.86. The molecule has 1 fully saturated rings. The van der Waals surface area contributed by atoms with Gasteiger partial charge < -0.3 is 10.1 Å². The van der Waals surface area contributed by atoms with E-state index in [1.807, 2.05) is 39.0 Å². The highest BCUT2D eigenvalue weighted by molar-refractivity contribution is 9.10. The van der Waals surface area contributed by atoms with E-state index in [0.29, 0.717) is 11.5 Å². The Morgan fingerprint density at radius 3 is 2.60 bits per heavy atom. The summed E-state index contributed by atoms with van der Waals surface area (Å²) in [6, 6.07) is 5.58. The van der Waals surface area contributed by atoms with Gasteiger partial charge >= 0.3 is 5.97 Å². The van der Waals surface area contributed by atoms with Crippen LogP contribution in [0, 0.1) is 12.8 Å². The van der Waals surface area contributed by atoms with Gasteiger partial charge in [0.2, 0.25) is 0 Å². The summed E-state index contributed by atoms with van der Waals surface area (Å²) in [5.74, 6) is 0.230. The standard InChI is InChI=1S/C16H22BrNO2/c1-11-10-12(4-5-14(11)17)15(19)20-16(2,3)13-6-8-18-9-7-13/h4-5,10,13,18H,6-9H2,1-3H3/p+1. The van der Waals surface area contributed by atoms with E-state index in [1.54, 1.807) is 0 Å². The number of hydrogen-bond acceptors (Lipinski definition) is 2. The Morgan fingerprint density at radius 2 is 2.00 bits per heavy atom. The molecule has 110 valence electrons. The van der Waals surface area contributed by atoms with Crippen molar-refractivity contribution < 1.29 is 14.8 Å². The molecule has 1 aromatic carbocycles. The van der Waals surface area contributed by atoms with E-state index in [-0.39, 0.29) is 5.97 Å². The second kappa shape index (κ2) is 6.27. The molecule has 1 aromatic rings. The molecule has 0 bridgehead atoms. The van der Waals surface area contributed by atoms with Crippen molar-refractivity contribution in [3.63, 3.8) is 0 Å². The van der Waals surface area contributed by atoms with E-state index in [2.05, 4.69) is 21.2 Å². The maximum absolute atomic E-state index is 12.3. The number of aryl methyl sites for hydroxylation is 1. The summed E-state index contributed by atoms with van der Waals surface area (Å²) >= 11 is 3.45. The minimum absolute atomic E-state index is 0.222. The summed E-state index contributed by atoms with van der Waals surface area (Å²) in [6.07, 6.45) is 2.22. The van der Waals surface area contributed by atoms with Crippen LogP contribution in [0.15, 0.2) is 22.7 Å². The lowest BCUT2D eigenvalue weighted by Crippen LogP contribution is -2.86. The molecule has 4 heteroatoms. The zero-order valence-corrected chi connectivity index (χ0v) is 14.0. The predicted molar refractivity (Wildman–Crippen MR) is 82.8 cm³/mol. The van der Waals surface area contributed by atoms with Crippen LogP contribution >= 0.6 is 15.9 Å². The Morgan fingerprint density at radius 1 is 1.35 bits per heavy atom. The number of benzene rings is 1. The Hall–Kier alpha value is -0.870. The van der Waals surface area contributed by atoms with Gasteiger partial charge in [-0.15, -0.1) is 0 Å². The number of carbonyl (C=O) groups excluding carboxylic acids is 1. The molecule has 0 atom stereocenters. The van der Waals surface area contributed by atoms with Crippen molar-refractivity contribution in [1.29, 1.82) is 0 Å². The van der Waals surface area contributed by atoms with Gasteiger partial charge in [0.15, 0.2) is 0 Å². The van der Waals surface area contributed by atoms with Crippen molar-refractivity contribution in [1.82, 2.24) is 0 Å². The normalized spacial score (nSPS) is 17.0. The Labute approximate surface area is 129 Å². The first kappa shape index (κ1) is 15.5. The smallest absolute Gasteiger partial charge is 0.338 e. The predicted octanol–water partition coefficient (Wildman–Crippen LogP) is 2.67. The van der Waals surface area contributed by atoms with E-state index >= 15 is 0 Å². The molecule has 0 spiro atoms. The van der Waals surface area contributed by atoms with Gasteiger partial charge in [0, 0.05) is 23.2 Å². The monoisotopic (exact) mass is 340 g/mol. The van der Waals surface area contributed by atoms with E-state index in [1.165, 1.54) is 0 Å². The maximum Gasteiger partial charge on any atom is 0.338 e. The van der Waals surface area contributed by atoms with Crippen LogP contribution in [0.3, 0.4) is 0 Å². The molecule has 3 nitrogen and oxygen atoms in total. The summed E-state index contributed by atoms with van der Waals surface area (Å²) < 4.78 is 6.80. The molecule has 1 aliphatic rings. The van der Waals surface area contributed by atoms with Crippen molar-refractivity contribution >= 4 is 21.9 Å². The molecule has 2 rings (SSSR count). The van der Waals surface area contributed by atoms with Crippen molar-refractivity contribution in [2.45, 2.75) is 39.2 Å². The number of ether oxygens (including phenoxy) is 1. The first-order chi connectivity index (χ1) is 9.40. The number of piperidine rings is 1. The van der Waals surface area contributed by atoms with Crippen LogP contribution < -0.4 is 5.32 Å². The van der Waals surface area contributed by atoms with E-state index < -0.39 is 5.60 Å². The third kappa shape index (κ3) is 3.61. The van der Waals surface area contributed by atoms with Crippen molar-refractivity contribution in [3.8, 4) is 0 Å². The number of halogens is 1. The molecular weight excluding hydrogens is 318 g/mol. The quantitative estimate of drug-likeness (QED) is 0.859. The lowest BCUT2D eigenvalue weighted by Gasteiger charge is -2.35. The van der Waals surface area contributed by atoms with Crippen molar-refractivity contribution in [3.05, 3.63) is 33.8 Å². The molecule has 0 saturated carbocycles. The molecule has 1 heterocycles. The fourth-order valence-electron chi connectivity index (χ4n) is 2.77. The van der Waals surface area contributed by atoms with Crippen LogP contribution in [-0.4, -0.2) is 24.7 Å². The van der Waals surface area contributed by atoms with Crippen LogP contribution in [0.1, 0.15) is 42.6 Å². The zero-order chi connectivity index (χ0) is 14.8. The molecule has 2 N–H and O–H groups in total. The highest BCUT2D eigenvalue weighted by Gasteiger charge is 2.35. The van der Waals surface area contributed by atoms with Gasteiger partial charge in [-0.2, -0.15) is 0 Å². The Bertz CT molecular complexity index is 493. The average Bonchev–Trinajstić information content (AvgIpc) is 2.42. The first-order valence-corrected chi connectivity index (χ1v) is 8.00. The number of nitrogens with two attached hydrogens (primary N) is 1. The van der Waals surface area contributed by atoms with Gasteiger partial charge in [0.05, 0.1) is 18.7 Å². The number of hydrogen-bond donors (Lipinski definition) is 1. The van der Waals surface area contributed by atoms with Crippen LogP contribution in [0.5, 0.6) is 0 Å². The fourth-order valence-corrected chi connectivity index (χ4v) is 3.02. The minimum atomic E-state index is -0.397. The third-order valence-electron chi connectivity index (χ3n) is 4.17. The fraction of sp³-hybridized carbons (Fsp3) is 0.562. The Balaban J connectivity index is 2.07. The summed E-state index contributed by atoms with van der Waals surface area (Å²) in [5, 5.41) is 2.33. The summed E-state index contributed by atoms with van der Waals surface area (Å²) in [7, 11) is 0. The number of rotatable bonds is 3. The topological polar surface area (TPSA) is 42.9 Å². The second-order valence-corrected chi connectivity index (χ2v) is 6.95. The van der Waals surface area contributed by atoms with Gasteiger partial charge in [0.1, 0.15) is 5.60 Å². The largest absolute Gasteiger partial charge is 0.456 e. The highest BCUT2D eigenvalue weighted by atomic mass is 79.9. The zero-order valence-electron chi connectivity index (χ0n) is 12.4. The lowest BCUT2D eigenvalue weighted by atomic mass is 9.83. The van der Waals surface area contributed by atoms with Gasteiger partial charge in [-0.3, -0.25) is 0 Å². The average molecular weight is 341 g/mol. The van der Waals surface area contributed by atoms with E-state index in [0.717, 1.165) is 36.0 Å². The lowest BCUT2D eigenvalue weighted by molar-refractivity contribution is -0.665. The highest BCUT2D eigenvalue weighted by Crippen LogP contribution is 2.29. The van der Waals surface area contributed by atoms with Gasteiger partial charge in [-0.1, -0.05) is 15.9 Å². The van der Waals surface area contributed by atoms with Crippen LogP contribution in [0.4, 0.5) is 0 Å². The van der Waals surface area contributed by atoms with E-state index in [4.69, 9.17) is 4.74 Å². The van der Waals surface area contributed by atoms with Crippen molar-refractivity contribution in [2.75, 3.05) is 13.1 Å². The number of quaternary nitrogens is 1. The second-order valence-electron chi connectivity index (χ2n) is 6.10. The van der Waals surface area contributed by atoms with Crippen LogP contribution in [0.2, 0.25) is 0 Å². The van der Waals surface area contributed by atoms with Gasteiger partial charge in [0.25, 0.3) is 0 Å². The van der Waals surface area contributed by atoms with Crippen LogP contribution in [0.25, 0.3) is 0 Å². The van der Waals surface area contributed by atoms with Gasteiger partial charge in [-0.05, 0) is 44.5 Å². The molecule has 1 saturated heterocycles. The minimum Gasteiger partial charge on any atom is -0.456 e. The maximum atomic E-state index is 12.3. The molecule has 1 aliphatic heterocycles. The molecule has 0 aliphatic carbocycles. The SMILES string of the molecule is Cc1cc(C(=O)OC(C)(C)C2CC[NH2+]CC2)ccc1Br. The third-order valence-corrected chi connectivity index (χ3v) is 5.06. The summed E-state index contributed by atoms with van der Waals surface area (Å²) in [4.78, 5) is 12.3. The van der Waals surface area contributed by atoms with Gasteiger partial charge in [-0.25, -0.2) is 4.79 Å². The molecule has 0 unspecified atom stereocenters. The first-order valence-electron chi connectivity index (χ1n) is 7.21. The molecule has 0 aromatic heterocycles. The van der Waals surface area contributed by atoms with Crippen molar-refractivity contribution in [2.24, 2.45) is 5.92 Å². The molecule has 0 amide bonds. The number of esters is 1. The summed E-state index contributed by atoms with van der Waals surface area (Å²) in [6.45, 7) is 8.30. The van der Waals surface area contributed by atoms with Crippen LogP contribution in [-0.2, 0) is 4.74 Å². The van der Waals surface area contributed by atoms with E-state index in [9.17, 15) is 4.79 Å². The summed E-state index contributed by atoms with van der Waals surface area (Å²) in [5.41, 5.74) is 1.28. The molecule has 0 radical (unpaired) electrons. The number of carbonyl (C=O) groups is 1.